The first-order valence-corrected chi connectivity index (χ1v) is 11.5. The highest BCUT2D eigenvalue weighted by Gasteiger charge is 2.35. The molecule has 1 N–H and O–H groups in total. The molecule has 1 fully saturated rings. The van der Waals surface area contributed by atoms with Crippen LogP contribution in [0.25, 0.3) is 0 Å². The number of nitrogens with zero attached hydrogens (tertiary/aromatic N) is 1. The number of benzene rings is 2. The Bertz CT molecular complexity index is 1130. The van der Waals surface area contributed by atoms with Crippen LogP contribution in [0.1, 0.15) is 71.5 Å². The average molecular weight is 463 g/mol. The second-order valence-electron chi connectivity index (χ2n) is 8.55. The minimum atomic E-state index is -1.07. The number of hydrogen-bond donors (Lipinski definition) is 1. The number of carbonyl (C=O) groups is 3. The second kappa shape index (κ2) is 10.5. The number of nitrogens with one attached hydrogen (secondary N) is 1. The molecule has 3 aromatic rings. The van der Waals surface area contributed by atoms with Gasteiger partial charge in [0.05, 0.1) is 6.26 Å². The molecule has 0 bridgehead atoms. The summed E-state index contributed by atoms with van der Waals surface area (Å²) in [5, 5.41) is 3.10. The van der Waals surface area contributed by atoms with Gasteiger partial charge in [0.2, 0.25) is 5.91 Å². The molecule has 4 rings (SSSR count). The summed E-state index contributed by atoms with van der Waals surface area (Å²) in [5.41, 5.74) is 1.36. The van der Waals surface area contributed by atoms with Crippen molar-refractivity contribution in [3.8, 4) is 0 Å². The zero-order valence-electron chi connectivity index (χ0n) is 19.0. The van der Waals surface area contributed by atoms with Gasteiger partial charge in [-0.1, -0.05) is 31.4 Å². The van der Waals surface area contributed by atoms with Crippen LogP contribution < -0.4 is 10.2 Å². The molecule has 1 heterocycles. The first-order valence-electron chi connectivity index (χ1n) is 11.5. The van der Waals surface area contributed by atoms with Gasteiger partial charge in [0.15, 0.2) is 11.5 Å². The van der Waals surface area contributed by atoms with Gasteiger partial charge in [-0.05, 0) is 73.9 Å². The largest absolute Gasteiger partial charge is 0.459 e. The van der Waals surface area contributed by atoms with Crippen molar-refractivity contribution >= 4 is 23.3 Å². The van der Waals surface area contributed by atoms with Crippen molar-refractivity contribution in [1.82, 2.24) is 5.32 Å². The van der Waals surface area contributed by atoms with Gasteiger partial charge in [-0.15, -0.1) is 0 Å². The van der Waals surface area contributed by atoms with Crippen LogP contribution in [-0.4, -0.2) is 23.6 Å². The van der Waals surface area contributed by atoms with Crippen LogP contribution >= 0.6 is 0 Å². The van der Waals surface area contributed by atoms with Crippen molar-refractivity contribution < 1.29 is 23.2 Å². The predicted molar refractivity (Wildman–Crippen MR) is 126 cm³/mol. The van der Waals surface area contributed by atoms with Crippen LogP contribution in [0.4, 0.5) is 10.1 Å². The lowest BCUT2D eigenvalue weighted by molar-refractivity contribution is -0.123. The molecule has 1 saturated carbocycles. The minimum Gasteiger partial charge on any atom is -0.459 e. The van der Waals surface area contributed by atoms with Crippen LogP contribution in [0, 0.1) is 5.82 Å². The van der Waals surface area contributed by atoms with E-state index in [9.17, 15) is 18.8 Å². The quantitative estimate of drug-likeness (QED) is 0.473. The average Bonchev–Trinajstić information content (AvgIpc) is 3.39. The van der Waals surface area contributed by atoms with Crippen molar-refractivity contribution in [3.05, 3.63) is 89.6 Å². The molecule has 0 saturated heterocycles. The Morgan fingerprint density at radius 2 is 1.65 bits per heavy atom. The Labute approximate surface area is 197 Å². The number of rotatable bonds is 7. The minimum absolute atomic E-state index is 0.0184. The number of carbonyl (C=O) groups excluding carboxylic acids is 3. The zero-order chi connectivity index (χ0) is 24.1. The lowest BCUT2D eigenvalue weighted by Crippen LogP contribution is -2.47. The van der Waals surface area contributed by atoms with Gasteiger partial charge in [0, 0.05) is 17.3 Å². The molecular weight excluding hydrogens is 435 g/mol. The molecule has 1 aliphatic rings. The predicted octanol–water partition coefficient (Wildman–Crippen LogP) is 5.46. The molecule has 0 radical (unpaired) electrons. The fourth-order valence-corrected chi connectivity index (χ4v) is 4.35. The van der Waals surface area contributed by atoms with Gasteiger partial charge in [-0.25, -0.2) is 4.39 Å². The molecule has 34 heavy (non-hydrogen) atoms. The number of hydrogen-bond acceptors (Lipinski definition) is 4. The molecule has 7 heteroatoms. The smallest absolute Gasteiger partial charge is 0.294 e. The number of halogens is 1. The van der Waals surface area contributed by atoms with E-state index >= 15 is 0 Å². The number of amides is 2. The summed E-state index contributed by atoms with van der Waals surface area (Å²) in [5.74, 6) is -1.36. The van der Waals surface area contributed by atoms with E-state index < -0.39 is 17.8 Å². The molecule has 6 nitrogen and oxygen atoms in total. The lowest BCUT2D eigenvalue weighted by Gasteiger charge is -2.33. The Balaban J connectivity index is 1.78. The Morgan fingerprint density at radius 1 is 0.971 bits per heavy atom. The highest BCUT2D eigenvalue weighted by atomic mass is 19.1. The van der Waals surface area contributed by atoms with Crippen LogP contribution in [0.15, 0.2) is 71.3 Å². The van der Waals surface area contributed by atoms with Crippen molar-refractivity contribution in [1.29, 1.82) is 0 Å². The van der Waals surface area contributed by atoms with E-state index in [1.165, 1.54) is 48.4 Å². The van der Waals surface area contributed by atoms with E-state index in [1.54, 1.807) is 30.3 Å². The van der Waals surface area contributed by atoms with Gasteiger partial charge in [0.25, 0.3) is 5.91 Å². The molecule has 0 aliphatic heterocycles. The lowest BCUT2D eigenvalue weighted by atomic mass is 9.94. The van der Waals surface area contributed by atoms with E-state index in [-0.39, 0.29) is 23.5 Å². The van der Waals surface area contributed by atoms with Crippen molar-refractivity contribution in [2.75, 3.05) is 4.90 Å². The van der Waals surface area contributed by atoms with Crippen LogP contribution in [0.3, 0.4) is 0 Å². The van der Waals surface area contributed by atoms with Crippen molar-refractivity contribution in [2.45, 2.75) is 51.1 Å². The maximum Gasteiger partial charge on any atom is 0.294 e. The number of furan rings is 1. The van der Waals surface area contributed by atoms with Gasteiger partial charge in [-0.3, -0.25) is 19.3 Å². The first-order chi connectivity index (χ1) is 16.4. The van der Waals surface area contributed by atoms with E-state index in [2.05, 4.69) is 5.32 Å². The summed E-state index contributed by atoms with van der Waals surface area (Å²) >= 11 is 0. The molecule has 176 valence electrons. The van der Waals surface area contributed by atoms with Gasteiger partial charge < -0.3 is 9.73 Å². The van der Waals surface area contributed by atoms with E-state index in [4.69, 9.17) is 4.42 Å². The SMILES string of the molecule is CC(=O)c1ccc(N(C(=O)c2ccco2)[C@H](C(=O)NC2CCCCC2)c2ccc(F)cc2)cc1. The Morgan fingerprint density at radius 3 is 2.24 bits per heavy atom. The highest BCUT2D eigenvalue weighted by molar-refractivity contribution is 6.09. The normalized spacial score (nSPS) is 14.9. The highest BCUT2D eigenvalue weighted by Crippen LogP contribution is 2.31. The van der Waals surface area contributed by atoms with Gasteiger partial charge >= 0.3 is 0 Å². The third-order valence-corrected chi connectivity index (χ3v) is 6.15. The Hall–Kier alpha value is -3.74. The molecule has 0 spiro atoms. The van der Waals surface area contributed by atoms with E-state index in [0.29, 0.717) is 16.8 Å². The van der Waals surface area contributed by atoms with Crippen LogP contribution in [0.5, 0.6) is 0 Å². The van der Waals surface area contributed by atoms with Gasteiger partial charge in [0.1, 0.15) is 11.9 Å². The summed E-state index contributed by atoms with van der Waals surface area (Å²) < 4.78 is 19.1. The van der Waals surface area contributed by atoms with Crippen molar-refractivity contribution in [2.24, 2.45) is 0 Å². The maximum atomic E-state index is 13.7. The summed E-state index contributed by atoms with van der Waals surface area (Å²) in [7, 11) is 0. The van der Waals surface area contributed by atoms with Crippen LogP contribution in [0.2, 0.25) is 0 Å². The molecule has 0 unspecified atom stereocenters. The number of anilines is 1. The Kier molecular flexibility index (Phi) is 7.21. The van der Waals surface area contributed by atoms with Crippen molar-refractivity contribution in [3.63, 3.8) is 0 Å². The standard InChI is InChI=1S/C27H27FN2O4/c1-18(31)19-11-15-23(16-12-19)30(27(33)24-8-5-17-34-24)25(20-9-13-21(28)14-10-20)26(32)29-22-6-3-2-4-7-22/h5,8-17,22,25H,2-4,6-7H2,1H3,(H,29,32)/t25-/m0/s1. The molecular formula is C27H27FN2O4. The monoisotopic (exact) mass is 462 g/mol. The summed E-state index contributed by atoms with van der Waals surface area (Å²) in [6, 6.07) is 14.1. The second-order valence-corrected chi connectivity index (χ2v) is 8.55. The third kappa shape index (κ3) is 5.25. The molecule has 2 amide bonds. The third-order valence-electron chi connectivity index (χ3n) is 6.15. The molecule has 2 aromatic carbocycles. The molecule has 1 aliphatic carbocycles. The zero-order valence-corrected chi connectivity index (χ0v) is 19.0. The maximum absolute atomic E-state index is 13.7. The van der Waals surface area contributed by atoms with Crippen LogP contribution in [-0.2, 0) is 4.79 Å². The van der Waals surface area contributed by atoms with E-state index in [1.807, 2.05) is 0 Å². The molecule has 1 aromatic heterocycles. The topological polar surface area (TPSA) is 79.6 Å². The number of Topliss-reactive ketones (excluding diaryl/α,β-unsaturated/α-hetero) is 1. The summed E-state index contributed by atoms with van der Waals surface area (Å²) in [4.78, 5) is 40.4. The molecule has 1 atom stereocenters. The van der Waals surface area contributed by atoms with E-state index in [0.717, 1.165) is 32.1 Å². The van der Waals surface area contributed by atoms with Gasteiger partial charge in [-0.2, -0.15) is 0 Å². The summed E-state index contributed by atoms with van der Waals surface area (Å²) in [6.07, 6.45) is 6.35. The summed E-state index contributed by atoms with van der Waals surface area (Å²) in [6.45, 7) is 1.46. The number of ketones is 1. The fourth-order valence-electron chi connectivity index (χ4n) is 4.35. The first kappa shape index (κ1) is 23.4. The fraction of sp³-hybridized carbons (Fsp3) is 0.296.